The van der Waals surface area contributed by atoms with Crippen LogP contribution in [-0.2, 0) is 10.3 Å². The summed E-state index contributed by atoms with van der Waals surface area (Å²) >= 11 is 6.44. The predicted molar refractivity (Wildman–Crippen MR) is 153 cm³/mol. The lowest BCUT2D eigenvalue weighted by atomic mass is 9.86. The molecule has 2 amide bonds. The lowest BCUT2D eigenvalue weighted by molar-refractivity contribution is -0.119. The molecule has 8 heteroatoms. The van der Waals surface area contributed by atoms with Crippen LogP contribution in [0.1, 0.15) is 58.3 Å². The molecule has 1 aromatic heterocycles. The fraction of sp³-hybridized carbons (Fsp3) is 0.258. The lowest BCUT2D eigenvalue weighted by Crippen LogP contribution is -2.51. The van der Waals surface area contributed by atoms with Gasteiger partial charge < -0.3 is 14.6 Å². The van der Waals surface area contributed by atoms with Crippen LogP contribution >= 0.6 is 11.6 Å². The molecule has 3 heterocycles. The molecule has 1 spiro atoms. The summed E-state index contributed by atoms with van der Waals surface area (Å²) in [5.74, 6) is 0.566. The molecule has 2 aliphatic heterocycles. The van der Waals surface area contributed by atoms with E-state index in [1.807, 2.05) is 81.7 Å². The first-order valence-electron chi connectivity index (χ1n) is 12.9. The molecule has 39 heavy (non-hydrogen) atoms. The molecule has 3 aromatic carbocycles. The van der Waals surface area contributed by atoms with Crippen molar-refractivity contribution in [1.82, 2.24) is 9.55 Å². The van der Waals surface area contributed by atoms with Crippen LogP contribution < -0.4 is 15.0 Å². The first kappa shape index (κ1) is 25.2. The fourth-order valence-electron chi connectivity index (χ4n) is 5.95. The quantitative estimate of drug-likeness (QED) is 0.317. The molecule has 0 fully saturated rings. The van der Waals surface area contributed by atoms with Crippen molar-refractivity contribution in [2.24, 2.45) is 0 Å². The van der Waals surface area contributed by atoms with Gasteiger partial charge in [-0.2, -0.15) is 0 Å². The van der Waals surface area contributed by atoms with Crippen molar-refractivity contribution in [3.05, 3.63) is 93.3 Å². The largest absolute Gasteiger partial charge is 0.496 e. The highest BCUT2D eigenvalue weighted by Crippen LogP contribution is 2.55. The average molecular weight is 541 g/mol. The first-order chi connectivity index (χ1) is 18.6. The summed E-state index contributed by atoms with van der Waals surface area (Å²) in [6.45, 7) is 9.93. The molecule has 0 saturated carbocycles. The number of aryl methyl sites for hydroxylation is 3. The number of nitrogens with one attached hydrogen (secondary N) is 1. The standard InChI is InChI=1S/C31H29ClN4O3/c1-16(2)35-27-26(34-28(35)21-11-7-18(4)14-25(21)39-6)29(37)36(24-15-20(32)10-9-19(24)5)31(27)22-12-8-17(3)13-23(22)33-30(31)38/h7-16H,1-6H3,(H,33,38). The SMILES string of the molecule is COc1cc(C)ccc1-c1nc2c(n1C(C)C)C1(C(=O)Nc3cc(C)ccc31)N(c1cc(Cl)ccc1C)C2=O. The summed E-state index contributed by atoms with van der Waals surface area (Å²) in [6, 6.07) is 17.0. The maximum atomic E-state index is 14.5. The number of methoxy groups -OCH3 is 1. The topological polar surface area (TPSA) is 76.5 Å². The van der Waals surface area contributed by atoms with Crippen molar-refractivity contribution < 1.29 is 14.3 Å². The molecular formula is C31H29ClN4O3. The maximum Gasteiger partial charge on any atom is 0.280 e. The minimum absolute atomic E-state index is 0.130. The van der Waals surface area contributed by atoms with Crippen LogP contribution in [0.25, 0.3) is 11.4 Å². The average Bonchev–Trinajstić information content (AvgIpc) is 3.49. The van der Waals surface area contributed by atoms with Crippen LogP contribution in [0, 0.1) is 20.8 Å². The summed E-state index contributed by atoms with van der Waals surface area (Å²) in [6.07, 6.45) is 0. The first-order valence-corrected chi connectivity index (χ1v) is 13.3. The van der Waals surface area contributed by atoms with Crippen LogP contribution in [0.3, 0.4) is 0 Å². The van der Waals surface area contributed by atoms with E-state index in [9.17, 15) is 9.59 Å². The summed E-state index contributed by atoms with van der Waals surface area (Å²) < 4.78 is 7.74. The highest BCUT2D eigenvalue weighted by molar-refractivity contribution is 6.31. The van der Waals surface area contributed by atoms with Gasteiger partial charge in [-0.05, 0) is 81.6 Å². The number of nitrogens with zero attached hydrogens (tertiary/aromatic N) is 3. The third-order valence-electron chi connectivity index (χ3n) is 7.66. The number of carbonyl (C=O) groups excluding carboxylic acids is 2. The Labute approximate surface area is 232 Å². The minimum Gasteiger partial charge on any atom is -0.496 e. The Bertz CT molecular complexity index is 1710. The second-order valence-corrected chi connectivity index (χ2v) is 11.0. The zero-order chi connectivity index (χ0) is 27.8. The Morgan fingerprint density at radius 2 is 1.69 bits per heavy atom. The number of fused-ring (bicyclic) bond motifs is 4. The van der Waals surface area contributed by atoms with Gasteiger partial charge in [-0.15, -0.1) is 0 Å². The van der Waals surface area contributed by atoms with Gasteiger partial charge in [0.2, 0.25) is 0 Å². The minimum atomic E-state index is -1.47. The van der Waals surface area contributed by atoms with Gasteiger partial charge in [-0.25, -0.2) is 4.98 Å². The number of amides is 2. The zero-order valence-corrected chi connectivity index (χ0v) is 23.5. The van der Waals surface area contributed by atoms with Gasteiger partial charge in [0.25, 0.3) is 11.8 Å². The van der Waals surface area contributed by atoms with E-state index in [0.29, 0.717) is 39.2 Å². The molecular weight excluding hydrogens is 512 g/mol. The molecule has 1 unspecified atom stereocenters. The van der Waals surface area contributed by atoms with Crippen LogP contribution in [-0.4, -0.2) is 28.5 Å². The van der Waals surface area contributed by atoms with E-state index < -0.39 is 5.54 Å². The van der Waals surface area contributed by atoms with Crippen molar-refractivity contribution >= 4 is 34.8 Å². The normalized spacial score (nSPS) is 17.7. The fourth-order valence-corrected chi connectivity index (χ4v) is 6.12. The van der Waals surface area contributed by atoms with E-state index in [4.69, 9.17) is 21.3 Å². The Hall–Kier alpha value is -4.10. The second kappa shape index (κ2) is 8.71. The number of rotatable bonds is 4. The smallest absolute Gasteiger partial charge is 0.280 e. The molecule has 2 aliphatic rings. The van der Waals surface area contributed by atoms with Gasteiger partial charge in [-0.3, -0.25) is 14.5 Å². The van der Waals surface area contributed by atoms with Crippen molar-refractivity contribution in [2.75, 3.05) is 17.3 Å². The number of hydrogen-bond donors (Lipinski definition) is 1. The number of carbonyl (C=O) groups is 2. The Kier molecular flexibility index (Phi) is 5.63. The highest BCUT2D eigenvalue weighted by atomic mass is 35.5. The molecule has 198 valence electrons. The number of aromatic nitrogens is 2. The number of benzene rings is 3. The van der Waals surface area contributed by atoms with Crippen LogP contribution in [0.15, 0.2) is 54.6 Å². The van der Waals surface area contributed by atoms with Gasteiger partial charge in [0.1, 0.15) is 11.6 Å². The third-order valence-corrected chi connectivity index (χ3v) is 7.90. The number of imidazole rings is 1. The summed E-state index contributed by atoms with van der Waals surface area (Å²) in [4.78, 5) is 35.3. The van der Waals surface area contributed by atoms with E-state index in [1.165, 1.54) is 0 Å². The van der Waals surface area contributed by atoms with Crippen LogP contribution in [0.4, 0.5) is 11.4 Å². The lowest BCUT2D eigenvalue weighted by Gasteiger charge is -2.36. The number of hydrogen-bond acceptors (Lipinski definition) is 4. The van der Waals surface area contributed by atoms with Gasteiger partial charge >= 0.3 is 0 Å². The molecule has 4 aromatic rings. The van der Waals surface area contributed by atoms with Gasteiger partial charge in [-0.1, -0.05) is 35.9 Å². The van der Waals surface area contributed by atoms with E-state index in [1.54, 1.807) is 24.1 Å². The van der Waals surface area contributed by atoms with Crippen LogP contribution in [0.2, 0.25) is 5.02 Å². The van der Waals surface area contributed by atoms with Crippen molar-refractivity contribution in [1.29, 1.82) is 0 Å². The molecule has 1 N–H and O–H groups in total. The van der Waals surface area contributed by atoms with E-state index in [2.05, 4.69) is 5.32 Å². The second-order valence-electron chi connectivity index (χ2n) is 10.6. The zero-order valence-electron chi connectivity index (χ0n) is 22.7. The Morgan fingerprint density at radius 1 is 0.974 bits per heavy atom. The predicted octanol–water partition coefficient (Wildman–Crippen LogP) is 6.57. The summed E-state index contributed by atoms with van der Waals surface area (Å²) in [5, 5.41) is 3.55. The molecule has 0 saturated heterocycles. The van der Waals surface area contributed by atoms with Gasteiger partial charge in [0, 0.05) is 22.3 Å². The van der Waals surface area contributed by atoms with Crippen LogP contribution in [0.5, 0.6) is 5.75 Å². The highest BCUT2D eigenvalue weighted by Gasteiger charge is 2.64. The monoisotopic (exact) mass is 540 g/mol. The van der Waals surface area contributed by atoms with E-state index in [-0.39, 0.29) is 23.6 Å². The summed E-state index contributed by atoms with van der Waals surface area (Å²) in [5.41, 5.74) is 4.87. The Balaban J connectivity index is 1.74. The number of ether oxygens (including phenoxy) is 1. The van der Waals surface area contributed by atoms with Gasteiger partial charge in [0.15, 0.2) is 11.2 Å². The van der Waals surface area contributed by atoms with E-state index in [0.717, 1.165) is 22.3 Å². The third kappa shape index (κ3) is 3.39. The molecule has 0 radical (unpaired) electrons. The molecule has 0 bridgehead atoms. The molecule has 1 atom stereocenters. The maximum absolute atomic E-state index is 14.5. The van der Waals surface area contributed by atoms with Gasteiger partial charge in [0.05, 0.1) is 24.1 Å². The van der Waals surface area contributed by atoms with Crippen molar-refractivity contribution in [3.8, 4) is 17.1 Å². The summed E-state index contributed by atoms with van der Waals surface area (Å²) in [7, 11) is 1.62. The number of anilines is 2. The molecule has 7 nitrogen and oxygen atoms in total. The Morgan fingerprint density at radius 3 is 2.41 bits per heavy atom. The molecule has 6 rings (SSSR count). The molecule has 0 aliphatic carbocycles. The van der Waals surface area contributed by atoms with Crippen molar-refractivity contribution in [2.45, 2.75) is 46.2 Å². The van der Waals surface area contributed by atoms with E-state index >= 15 is 0 Å². The number of halogens is 1. The van der Waals surface area contributed by atoms with Crippen molar-refractivity contribution in [3.63, 3.8) is 0 Å².